The zero-order chi connectivity index (χ0) is 38.9. The molecule has 0 saturated heterocycles. The average molecular weight is 741 g/mol. The van der Waals surface area contributed by atoms with Gasteiger partial charge in [-0.1, -0.05) is 161 Å². The number of fused-ring (bicyclic) bond motifs is 11. The van der Waals surface area contributed by atoms with Gasteiger partial charge in [-0.2, -0.15) is 0 Å². The number of hydrogen-bond acceptors (Lipinski definition) is 2. The molecule has 0 spiro atoms. The van der Waals surface area contributed by atoms with Crippen LogP contribution in [0.25, 0.3) is 99.1 Å². The van der Waals surface area contributed by atoms with Crippen molar-refractivity contribution in [2.24, 2.45) is 0 Å². The van der Waals surface area contributed by atoms with Gasteiger partial charge in [0.25, 0.3) is 0 Å². The van der Waals surface area contributed by atoms with Gasteiger partial charge in [0.1, 0.15) is 0 Å². The fraction of sp³-hybridized carbons (Fsp3) is 0.107. The van der Waals surface area contributed by atoms with Gasteiger partial charge in [0.05, 0.1) is 16.7 Å². The van der Waals surface area contributed by atoms with E-state index in [0.29, 0.717) is 0 Å². The summed E-state index contributed by atoms with van der Waals surface area (Å²) in [6.45, 7) is 9.47. The molecule has 0 saturated carbocycles. The van der Waals surface area contributed by atoms with Crippen molar-refractivity contribution in [2.75, 3.05) is 0 Å². The molecule has 2 aliphatic carbocycles. The number of rotatable bonds is 3. The Kier molecular flexibility index (Phi) is 6.78. The Bertz CT molecular complexity index is 3400. The first kappa shape index (κ1) is 33.3. The third-order valence-corrected chi connectivity index (χ3v) is 13.5. The fourth-order valence-electron chi connectivity index (χ4n) is 10.6. The van der Waals surface area contributed by atoms with Crippen LogP contribution in [0.15, 0.2) is 170 Å². The van der Waals surface area contributed by atoms with Crippen LogP contribution in [0.4, 0.5) is 0 Å². The Morgan fingerprint density at radius 1 is 0.362 bits per heavy atom. The minimum Gasteiger partial charge on any atom is -0.254 e. The lowest BCUT2D eigenvalue weighted by Gasteiger charge is -2.23. The molecule has 12 rings (SSSR count). The third-order valence-electron chi connectivity index (χ3n) is 13.5. The highest BCUT2D eigenvalue weighted by atomic mass is 14.8. The van der Waals surface area contributed by atoms with Crippen molar-refractivity contribution >= 4 is 43.4 Å². The third kappa shape index (κ3) is 4.54. The van der Waals surface area contributed by atoms with Crippen LogP contribution in [0.3, 0.4) is 0 Å². The van der Waals surface area contributed by atoms with E-state index < -0.39 is 0 Å². The van der Waals surface area contributed by atoms with Crippen LogP contribution in [0, 0.1) is 0 Å². The molecule has 274 valence electrons. The predicted octanol–water partition coefficient (Wildman–Crippen LogP) is 14.7. The monoisotopic (exact) mass is 740 g/mol. The molecule has 0 N–H and O–H groups in total. The first-order chi connectivity index (χ1) is 28.3. The highest BCUT2D eigenvalue weighted by Gasteiger charge is 2.37. The molecule has 8 aromatic carbocycles. The summed E-state index contributed by atoms with van der Waals surface area (Å²) >= 11 is 0. The average Bonchev–Trinajstić information content (AvgIpc) is 3.64. The van der Waals surface area contributed by atoms with Gasteiger partial charge in [-0.15, -0.1) is 0 Å². The second-order valence-corrected chi connectivity index (χ2v) is 17.3. The van der Waals surface area contributed by atoms with Gasteiger partial charge >= 0.3 is 0 Å². The van der Waals surface area contributed by atoms with Crippen LogP contribution in [0.1, 0.15) is 49.9 Å². The van der Waals surface area contributed by atoms with Crippen LogP contribution in [0.5, 0.6) is 0 Å². The minimum atomic E-state index is -0.112. The van der Waals surface area contributed by atoms with Gasteiger partial charge in [-0.25, -0.2) is 4.98 Å². The van der Waals surface area contributed by atoms with Crippen LogP contribution in [0.2, 0.25) is 0 Å². The van der Waals surface area contributed by atoms with Crippen LogP contribution >= 0.6 is 0 Å². The van der Waals surface area contributed by atoms with E-state index in [1.165, 1.54) is 88.3 Å². The summed E-state index contributed by atoms with van der Waals surface area (Å²) in [4.78, 5) is 10.3. The summed E-state index contributed by atoms with van der Waals surface area (Å²) in [5.41, 5.74) is 19.6. The van der Waals surface area contributed by atoms with Gasteiger partial charge in [-0.3, -0.25) is 4.98 Å². The van der Waals surface area contributed by atoms with Gasteiger partial charge in [0, 0.05) is 33.4 Å². The zero-order valence-electron chi connectivity index (χ0n) is 33.1. The number of benzene rings is 8. The maximum absolute atomic E-state index is 5.46. The van der Waals surface area contributed by atoms with E-state index in [1.807, 2.05) is 12.3 Å². The molecule has 0 bridgehead atoms. The Morgan fingerprint density at radius 2 is 0.879 bits per heavy atom. The topological polar surface area (TPSA) is 25.8 Å². The first-order valence-corrected chi connectivity index (χ1v) is 20.4. The van der Waals surface area contributed by atoms with Crippen molar-refractivity contribution in [2.45, 2.75) is 38.5 Å². The molecule has 0 fully saturated rings. The van der Waals surface area contributed by atoms with Crippen LogP contribution in [-0.4, -0.2) is 9.97 Å². The molecule has 2 heteroatoms. The highest BCUT2D eigenvalue weighted by molar-refractivity contribution is 6.22. The van der Waals surface area contributed by atoms with Crippen LogP contribution in [-0.2, 0) is 10.8 Å². The van der Waals surface area contributed by atoms with Crippen molar-refractivity contribution in [3.8, 4) is 55.8 Å². The Morgan fingerprint density at radius 3 is 1.59 bits per heavy atom. The number of pyridine rings is 2. The summed E-state index contributed by atoms with van der Waals surface area (Å²) < 4.78 is 0. The van der Waals surface area contributed by atoms with Crippen molar-refractivity contribution < 1.29 is 0 Å². The van der Waals surface area contributed by atoms with E-state index >= 15 is 0 Å². The highest BCUT2D eigenvalue weighted by Crippen LogP contribution is 2.53. The summed E-state index contributed by atoms with van der Waals surface area (Å²) in [5.74, 6) is 0. The second kappa shape index (κ2) is 11.8. The summed E-state index contributed by atoms with van der Waals surface area (Å²) in [6.07, 6.45) is 1.87. The van der Waals surface area contributed by atoms with E-state index in [0.717, 1.165) is 33.1 Å². The quantitative estimate of drug-likeness (QED) is 0.133. The fourth-order valence-corrected chi connectivity index (χ4v) is 10.6. The molecule has 2 aromatic heterocycles. The smallest absolute Gasteiger partial charge is 0.0972 e. The lowest BCUT2D eigenvalue weighted by Crippen LogP contribution is -2.15. The zero-order valence-corrected chi connectivity index (χ0v) is 33.1. The lowest BCUT2D eigenvalue weighted by molar-refractivity contribution is 0.660. The molecule has 2 nitrogen and oxygen atoms in total. The Hall–Kier alpha value is -6.90. The normalized spacial score (nSPS) is 14.5. The van der Waals surface area contributed by atoms with E-state index in [9.17, 15) is 0 Å². The number of hydrogen-bond donors (Lipinski definition) is 0. The molecule has 0 radical (unpaired) electrons. The van der Waals surface area contributed by atoms with Gasteiger partial charge < -0.3 is 0 Å². The van der Waals surface area contributed by atoms with Crippen molar-refractivity contribution in [1.29, 1.82) is 0 Å². The Balaban J connectivity index is 1.14. The molecular weight excluding hydrogens is 701 g/mol. The molecule has 2 aliphatic rings. The van der Waals surface area contributed by atoms with E-state index in [-0.39, 0.29) is 10.8 Å². The SMILES string of the molecule is CC1(C)c2ccccc2-c2ccc(-c3ccc4c(-c5ccc6ccc7cccnc7c6n5)c5ccccc5c(-c5ccc6c(c5)C(C)(C)c5ccccc5-6)c4c3)cc21. The van der Waals surface area contributed by atoms with Crippen molar-refractivity contribution in [3.63, 3.8) is 0 Å². The largest absolute Gasteiger partial charge is 0.254 e. The molecule has 0 atom stereocenters. The summed E-state index contributed by atoms with van der Waals surface area (Å²) in [7, 11) is 0. The number of aromatic nitrogens is 2. The molecule has 0 amide bonds. The summed E-state index contributed by atoms with van der Waals surface area (Å²) in [5, 5.41) is 7.01. The summed E-state index contributed by atoms with van der Waals surface area (Å²) in [6, 6.07) is 61.0. The molecule has 2 heterocycles. The number of nitrogens with zero attached hydrogens (tertiary/aromatic N) is 2. The maximum Gasteiger partial charge on any atom is 0.0972 e. The predicted molar refractivity (Wildman–Crippen MR) is 243 cm³/mol. The minimum absolute atomic E-state index is 0.0805. The molecular formula is C56H40N2. The molecule has 58 heavy (non-hydrogen) atoms. The lowest BCUT2D eigenvalue weighted by atomic mass is 9.80. The Labute approximate surface area is 338 Å². The van der Waals surface area contributed by atoms with E-state index in [4.69, 9.17) is 9.97 Å². The molecule has 0 aliphatic heterocycles. The van der Waals surface area contributed by atoms with E-state index in [1.54, 1.807) is 0 Å². The molecule has 0 unspecified atom stereocenters. The first-order valence-electron chi connectivity index (χ1n) is 20.4. The molecule has 10 aromatic rings. The van der Waals surface area contributed by atoms with Crippen LogP contribution < -0.4 is 0 Å². The second-order valence-electron chi connectivity index (χ2n) is 17.3. The van der Waals surface area contributed by atoms with Gasteiger partial charge in [0.2, 0.25) is 0 Å². The van der Waals surface area contributed by atoms with Gasteiger partial charge in [0.15, 0.2) is 0 Å². The standard InChI is InChI=1S/C56H40N2/c1-55(2)46-17-9-7-13-38(46)40-25-21-36(31-48(40)55)35-22-27-44-45(30-35)51(37-23-26-41-39-14-8-10-18-47(39)56(3,4)49(41)32-37)42-15-5-6-16-43(42)52(44)50-28-24-34-20-19-33-12-11-29-57-53(33)54(34)58-50/h5-32H,1-4H3. The van der Waals surface area contributed by atoms with E-state index in [2.05, 4.69) is 185 Å². The maximum atomic E-state index is 5.46. The van der Waals surface area contributed by atoms with Crippen molar-refractivity contribution in [1.82, 2.24) is 9.97 Å². The van der Waals surface area contributed by atoms with Gasteiger partial charge in [-0.05, 0) is 119 Å². The van der Waals surface area contributed by atoms with Crippen molar-refractivity contribution in [3.05, 3.63) is 192 Å².